The van der Waals surface area contributed by atoms with E-state index in [1.54, 1.807) is 18.2 Å². The SMILES string of the molecule is N#C[C@@]1(c2ccc3c(N)ccnn23)O[C@H](COC(=O)[C@@H](N)Cc2ccccc2)[C@@H](O)[C@H]1O. The number of carbonyl (C=O) groups is 1. The molecule has 5 atom stereocenters. The lowest BCUT2D eigenvalue weighted by atomic mass is 9.92. The lowest BCUT2D eigenvalue weighted by molar-refractivity contribution is -0.152. The number of hydrogen-bond acceptors (Lipinski definition) is 9. The van der Waals surface area contributed by atoms with Gasteiger partial charge in [-0.3, -0.25) is 4.79 Å². The van der Waals surface area contributed by atoms with E-state index >= 15 is 0 Å². The van der Waals surface area contributed by atoms with E-state index in [-0.39, 0.29) is 18.7 Å². The van der Waals surface area contributed by atoms with Crippen molar-refractivity contribution < 1.29 is 24.5 Å². The van der Waals surface area contributed by atoms with Crippen LogP contribution in [0.4, 0.5) is 5.69 Å². The normalized spacial score (nSPS) is 26.0. The number of nitrogens with two attached hydrogens (primary N) is 2. The van der Waals surface area contributed by atoms with E-state index in [2.05, 4.69) is 5.10 Å². The molecule has 4 rings (SSSR count). The fourth-order valence-electron chi connectivity index (χ4n) is 3.86. The van der Waals surface area contributed by atoms with Gasteiger partial charge in [0.05, 0.1) is 16.9 Å². The molecule has 1 fully saturated rings. The minimum atomic E-state index is -1.93. The minimum absolute atomic E-state index is 0.198. The van der Waals surface area contributed by atoms with Crippen molar-refractivity contribution in [3.63, 3.8) is 0 Å². The predicted molar refractivity (Wildman–Crippen MR) is 113 cm³/mol. The van der Waals surface area contributed by atoms with Crippen LogP contribution in [0.25, 0.3) is 5.52 Å². The third-order valence-electron chi connectivity index (χ3n) is 5.58. The van der Waals surface area contributed by atoms with Crippen LogP contribution < -0.4 is 11.5 Å². The van der Waals surface area contributed by atoms with Gasteiger partial charge in [-0.2, -0.15) is 10.4 Å². The van der Waals surface area contributed by atoms with Crippen LogP contribution in [0.3, 0.4) is 0 Å². The number of aliphatic hydroxyl groups excluding tert-OH is 2. The van der Waals surface area contributed by atoms with Gasteiger partial charge in [-0.15, -0.1) is 0 Å². The van der Waals surface area contributed by atoms with Crippen molar-refractivity contribution in [2.45, 2.75) is 36.4 Å². The van der Waals surface area contributed by atoms with Crippen LogP contribution >= 0.6 is 0 Å². The van der Waals surface area contributed by atoms with E-state index < -0.39 is 35.9 Å². The summed E-state index contributed by atoms with van der Waals surface area (Å²) in [5.41, 5.74) is 11.9. The van der Waals surface area contributed by atoms with E-state index in [9.17, 15) is 20.3 Å². The Hall–Kier alpha value is -3.49. The molecule has 3 aromatic rings. The van der Waals surface area contributed by atoms with Gasteiger partial charge in [0.25, 0.3) is 0 Å². The van der Waals surface area contributed by atoms with Gasteiger partial charge >= 0.3 is 5.97 Å². The van der Waals surface area contributed by atoms with Crippen LogP contribution in [-0.2, 0) is 26.3 Å². The Bertz CT molecular complexity index is 1160. The standard InChI is InChI=1S/C22H23N5O5/c23-12-22(18-7-6-16-14(24)8-9-26-27(16)18)20(29)19(28)17(32-22)11-31-21(30)15(25)10-13-4-2-1-3-5-13/h1-9,15,17,19-20,28-29H,10-11,24-25H2/t15-,17+,19+,20+,22-/m0/s1. The first-order valence-electron chi connectivity index (χ1n) is 10.0. The van der Waals surface area contributed by atoms with Crippen molar-refractivity contribution >= 4 is 17.2 Å². The molecule has 3 heterocycles. The van der Waals surface area contributed by atoms with E-state index in [1.807, 2.05) is 36.4 Å². The summed E-state index contributed by atoms with van der Waals surface area (Å²) in [6.07, 6.45) is -2.52. The molecule has 1 aliphatic rings. The Kier molecular flexibility index (Phi) is 5.82. The van der Waals surface area contributed by atoms with Crippen molar-refractivity contribution in [2.24, 2.45) is 5.73 Å². The molecule has 1 aromatic carbocycles. The number of nitrogens with zero attached hydrogens (tertiary/aromatic N) is 3. The summed E-state index contributed by atoms with van der Waals surface area (Å²) in [5.74, 6) is -0.684. The molecule has 1 saturated heterocycles. The number of carbonyl (C=O) groups excluding carboxylic acids is 1. The first kappa shape index (κ1) is 21.7. The van der Waals surface area contributed by atoms with Crippen molar-refractivity contribution in [1.82, 2.24) is 9.61 Å². The Labute approximate surface area is 183 Å². The average Bonchev–Trinajstić information content (AvgIpc) is 3.34. The fraction of sp³-hybridized carbons (Fsp3) is 0.318. The number of benzene rings is 1. The second-order valence-electron chi connectivity index (χ2n) is 7.67. The minimum Gasteiger partial charge on any atom is -0.462 e. The van der Waals surface area contributed by atoms with Gasteiger partial charge in [-0.25, -0.2) is 4.52 Å². The maximum absolute atomic E-state index is 12.3. The molecule has 0 spiro atoms. The van der Waals surface area contributed by atoms with E-state index in [1.165, 1.54) is 10.7 Å². The Morgan fingerprint density at radius 2 is 2.03 bits per heavy atom. The number of ether oxygens (including phenoxy) is 2. The van der Waals surface area contributed by atoms with Crippen LogP contribution in [0.2, 0.25) is 0 Å². The van der Waals surface area contributed by atoms with Gasteiger partial charge in [-0.05, 0) is 30.2 Å². The average molecular weight is 437 g/mol. The number of nitriles is 1. The molecular weight excluding hydrogens is 414 g/mol. The number of rotatable bonds is 6. The zero-order valence-electron chi connectivity index (χ0n) is 17.0. The topological polar surface area (TPSA) is 169 Å². The van der Waals surface area contributed by atoms with Crippen molar-refractivity contribution in [3.05, 3.63) is 66.0 Å². The summed E-state index contributed by atoms with van der Waals surface area (Å²) < 4.78 is 12.4. The third-order valence-corrected chi connectivity index (χ3v) is 5.58. The van der Waals surface area contributed by atoms with E-state index in [4.69, 9.17) is 20.9 Å². The molecule has 2 aromatic heterocycles. The number of fused-ring (bicyclic) bond motifs is 1. The zero-order chi connectivity index (χ0) is 22.9. The highest BCUT2D eigenvalue weighted by molar-refractivity contribution is 5.76. The zero-order valence-corrected chi connectivity index (χ0v) is 17.0. The molecule has 166 valence electrons. The molecule has 6 N–H and O–H groups in total. The Morgan fingerprint density at radius 3 is 2.75 bits per heavy atom. The maximum atomic E-state index is 12.3. The quantitative estimate of drug-likeness (QED) is 0.384. The Morgan fingerprint density at radius 1 is 1.28 bits per heavy atom. The maximum Gasteiger partial charge on any atom is 0.323 e. The predicted octanol–water partition coefficient (Wildman–Crippen LogP) is -0.131. The summed E-state index contributed by atoms with van der Waals surface area (Å²) in [5, 5.41) is 35.3. The van der Waals surface area contributed by atoms with Crippen molar-refractivity contribution in [2.75, 3.05) is 12.3 Å². The number of hydrogen-bond donors (Lipinski definition) is 4. The number of anilines is 1. The largest absolute Gasteiger partial charge is 0.462 e. The molecule has 0 amide bonds. The highest BCUT2D eigenvalue weighted by Crippen LogP contribution is 2.40. The molecule has 10 nitrogen and oxygen atoms in total. The second kappa shape index (κ2) is 8.57. The molecule has 0 saturated carbocycles. The van der Waals surface area contributed by atoms with Crippen LogP contribution in [-0.4, -0.2) is 56.8 Å². The number of aliphatic hydroxyl groups is 2. The van der Waals surface area contributed by atoms with Gasteiger partial charge in [-0.1, -0.05) is 30.3 Å². The first-order valence-corrected chi connectivity index (χ1v) is 10.0. The Balaban J connectivity index is 1.49. The fourth-order valence-corrected chi connectivity index (χ4v) is 3.86. The highest BCUT2D eigenvalue weighted by Gasteiger charge is 2.57. The molecule has 0 unspecified atom stereocenters. The molecule has 0 aliphatic carbocycles. The van der Waals surface area contributed by atoms with Crippen LogP contribution in [0, 0.1) is 11.3 Å². The lowest BCUT2D eigenvalue weighted by Crippen LogP contribution is -2.41. The van der Waals surface area contributed by atoms with Gasteiger partial charge in [0.1, 0.15) is 37.0 Å². The number of nitrogen functional groups attached to an aromatic ring is 1. The third kappa shape index (κ3) is 3.68. The molecule has 1 aliphatic heterocycles. The molecule has 0 radical (unpaired) electrons. The van der Waals surface area contributed by atoms with Gasteiger partial charge in [0.2, 0.25) is 5.60 Å². The molecule has 0 bridgehead atoms. The monoisotopic (exact) mass is 437 g/mol. The molecular formula is C22H23N5O5. The summed E-state index contributed by atoms with van der Waals surface area (Å²) in [6, 6.07) is 15.0. The number of esters is 1. The van der Waals surface area contributed by atoms with Gasteiger partial charge < -0.3 is 31.2 Å². The second-order valence-corrected chi connectivity index (χ2v) is 7.67. The summed E-state index contributed by atoms with van der Waals surface area (Å²) in [7, 11) is 0. The van der Waals surface area contributed by atoms with Gasteiger partial charge in [0.15, 0.2) is 0 Å². The smallest absolute Gasteiger partial charge is 0.323 e. The molecule has 10 heteroatoms. The lowest BCUT2D eigenvalue weighted by Gasteiger charge is -2.24. The van der Waals surface area contributed by atoms with Crippen LogP contribution in [0.15, 0.2) is 54.7 Å². The summed E-state index contributed by atoms with van der Waals surface area (Å²) >= 11 is 0. The summed E-state index contributed by atoms with van der Waals surface area (Å²) in [6.45, 7) is -0.387. The number of aromatic nitrogens is 2. The van der Waals surface area contributed by atoms with E-state index in [0.717, 1.165) is 5.56 Å². The highest BCUT2D eigenvalue weighted by atomic mass is 16.6. The van der Waals surface area contributed by atoms with Gasteiger partial charge in [0, 0.05) is 6.20 Å². The molecule has 32 heavy (non-hydrogen) atoms. The summed E-state index contributed by atoms with van der Waals surface area (Å²) in [4.78, 5) is 12.3. The first-order chi connectivity index (χ1) is 15.4. The van der Waals surface area contributed by atoms with Crippen LogP contribution in [0.1, 0.15) is 11.3 Å². The van der Waals surface area contributed by atoms with Crippen molar-refractivity contribution in [1.29, 1.82) is 5.26 Å². The van der Waals surface area contributed by atoms with E-state index in [0.29, 0.717) is 11.2 Å². The van der Waals surface area contributed by atoms with Crippen molar-refractivity contribution in [3.8, 4) is 6.07 Å². The van der Waals surface area contributed by atoms with Crippen LogP contribution in [0.5, 0.6) is 0 Å².